The van der Waals surface area contributed by atoms with Gasteiger partial charge in [-0.15, -0.1) is 0 Å². The molecule has 0 heterocycles. The molecule has 82 valence electrons. The van der Waals surface area contributed by atoms with E-state index in [2.05, 4.69) is 5.32 Å². The first-order valence-electron chi connectivity index (χ1n) is 4.57. The van der Waals surface area contributed by atoms with E-state index in [0.717, 1.165) is 6.41 Å². The van der Waals surface area contributed by atoms with E-state index in [0.29, 0.717) is 16.8 Å². The molecule has 1 amide bonds. The maximum Gasteiger partial charge on any atom is 0.207 e. The number of halogens is 1. The highest BCUT2D eigenvalue weighted by molar-refractivity contribution is 6.33. The van der Waals surface area contributed by atoms with Crippen LogP contribution in [0.25, 0.3) is 0 Å². The lowest BCUT2D eigenvalue weighted by Crippen LogP contribution is -2.11. The minimum Gasteiger partial charge on any atom is -0.508 e. The fourth-order valence-electron chi connectivity index (χ4n) is 0.862. The van der Waals surface area contributed by atoms with Crippen molar-refractivity contribution in [1.82, 2.24) is 5.32 Å². The first kappa shape index (κ1) is 11.7. The number of rotatable bonds is 2. The molecule has 0 spiro atoms. The fraction of sp³-hybridized carbons (Fsp3) is 0.300. The van der Waals surface area contributed by atoms with Gasteiger partial charge in [0, 0.05) is 12.1 Å². The van der Waals surface area contributed by atoms with Crippen LogP contribution in [0.2, 0.25) is 5.02 Å². The lowest BCUT2D eigenvalue weighted by Gasteiger charge is -1.95. The van der Waals surface area contributed by atoms with Crippen LogP contribution in [0.3, 0.4) is 0 Å². The lowest BCUT2D eigenvalue weighted by molar-refractivity contribution is -0.109. The quantitative estimate of drug-likeness (QED) is 0.408. The van der Waals surface area contributed by atoms with Crippen molar-refractivity contribution >= 4 is 23.7 Å². The average molecular weight is 229 g/mol. The highest BCUT2D eigenvalue weighted by Gasteiger charge is 2.18. The predicted octanol–water partition coefficient (Wildman–Crippen LogP) is 1.52. The molecule has 0 radical (unpaired) electrons. The summed E-state index contributed by atoms with van der Waals surface area (Å²) in [6, 6.07) is 4.97. The highest BCUT2D eigenvalue weighted by atomic mass is 35.5. The Labute approximate surface area is 93.0 Å². The van der Waals surface area contributed by atoms with Crippen LogP contribution in [-0.2, 0) is 4.79 Å². The number of hydrogen-bond acceptors (Lipinski definition) is 3. The first-order valence-corrected chi connectivity index (χ1v) is 4.95. The first-order chi connectivity index (χ1) is 7.13. The van der Waals surface area contributed by atoms with Gasteiger partial charge >= 0.3 is 0 Å². The Bertz CT molecular complexity index is 340. The summed E-state index contributed by atoms with van der Waals surface area (Å²) in [6.45, 7) is 0. The van der Waals surface area contributed by atoms with E-state index in [4.69, 9.17) is 22.4 Å². The van der Waals surface area contributed by atoms with Crippen LogP contribution in [0.5, 0.6) is 5.75 Å². The third-order valence-electron chi connectivity index (χ3n) is 1.87. The fourth-order valence-corrected chi connectivity index (χ4v) is 1.04. The number of phenolic OH excluding ortho intramolecular Hbond substituents is 1. The summed E-state index contributed by atoms with van der Waals surface area (Å²) in [6.07, 6.45) is 3.12. The molecule has 0 bridgehead atoms. The van der Waals surface area contributed by atoms with Gasteiger partial charge in [-0.2, -0.15) is 0 Å². The van der Waals surface area contributed by atoms with Gasteiger partial charge in [-0.25, -0.2) is 0 Å². The Morgan fingerprint density at radius 2 is 2.20 bits per heavy atom. The molecule has 4 N–H and O–H groups in total. The molecular weight excluding hydrogens is 216 g/mol. The molecule has 0 aliphatic heterocycles. The Morgan fingerprint density at radius 1 is 1.53 bits per heavy atom. The number of anilines is 1. The van der Waals surface area contributed by atoms with Crippen LogP contribution >= 0.6 is 11.6 Å². The minimum atomic E-state index is 0.134. The van der Waals surface area contributed by atoms with Crippen LogP contribution < -0.4 is 11.1 Å². The summed E-state index contributed by atoms with van der Waals surface area (Å²) in [7, 11) is 0. The zero-order valence-electron chi connectivity index (χ0n) is 8.11. The summed E-state index contributed by atoms with van der Waals surface area (Å²) in [5.74, 6) is 0.134. The van der Waals surface area contributed by atoms with E-state index in [1.54, 1.807) is 6.07 Å². The molecule has 1 aromatic carbocycles. The number of benzene rings is 1. The van der Waals surface area contributed by atoms with E-state index in [-0.39, 0.29) is 5.75 Å². The van der Waals surface area contributed by atoms with Crippen molar-refractivity contribution in [3.05, 3.63) is 23.2 Å². The van der Waals surface area contributed by atoms with Crippen molar-refractivity contribution in [3.8, 4) is 5.75 Å². The van der Waals surface area contributed by atoms with Crippen LogP contribution in [0.15, 0.2) is 18.2 Å². The van der Waals surface area contributed by atoms with Crippen LogP contribution in [0.4, 0.5) is 5.69 Å². The van der Waals surface area contributed by atoms with Crippen molar-refractivity contribution < 1.29 is 9.90 Å². The van der Waals surface area contributed by atoms with Crippen LogP contribution in [0.1, 0.15) is 12.8 Å². The van der Waals surface area contributed by atoms with Gasteiger partial charge in [-0.1, -0.05) is 11.6 Å². The van der Waals surface area contributed by atoms with E-state index in [1.165, 1.54) is 25.0 Å². The molecule has 1 aliphatic carbocycles. The number of hydrogen-bond donors (Lipinski definition) is 3. The van der Waals surface area contributed by atoms with Gasteiger partial charge in [-0.05, 0) is 25.0 Å². The molecule has 1 aromatic rings. The standard InChI is InChI=1S/C6H6ClNO.C4H7NO/c7-5-3-4(9)1-2-6(5)8;6-3-5-4-1-2-4/h1-3,9H,8H2;3-4H,1-2H2,(H,5,6). The largest absolute Gasteiger partial charge is 0.508 e. The third kappa shape index (κ3) is 4.56. The molecule has 2 rings (SSSR count). The molecule has 1 fully saturated rings. The zero-order valence-corrected chi connectivity index (χ0v) is 8.87. The maximum atomic E-state index is 9.54. The predicted molar refractivity (Wildman–Crippen MR) is 59.8 cm³/mol. The number of aromatic hydroxyl groups is 1. The van der Waals surface area contributed by atoms with Gasteiger partial charge in [0.15, 0.2) is 0 Å². The third-order valence-corrected chi connectivity index (χ3v) is 2.19. The van der Waals surface area contributed by atoms with Crippen molar-refractivity contribution in [2.75, 3.05) is 5.73 Å². The maximum absolute atomic E-state index is 9.54. The molecule has 0 saturated heterocycles. The summed E-state index contributed by atoms with van der Waals surface area (Å²) < 4.78 is 0. The molecule has 1 aliphatic rings. The number of nitrogens with two attached hydrogens (primary N) is 1. The second-order valence-corrected chi connectivity index (χ2v) is 3.67. The summed E-state index contributed by atoms with van der Waals surface area (Å²) >= 11 is 5.53. The SMILES string of the molecule is Nc1ccc(O)cc1Cl.O=CNC1CC1. The Balaban J connectivity index is 0.000000162. The minimum absolute atomic E-state index is 0.134. The van der Waals surface area contributed by atoms with E-state index < -0.39 is 0 Å². The van der Waals surface area contributed by atoms with Crippen LogP contribution in [0, 0.1) is 0 Å². The van der Waals surface area contributed by atoms with Gasteiger partial charge in [0.2, 0.25) is 6.41 Å². The monoisotopic (exact) mass is 228 g/mol. The molecule has 5 heteroatoms. The van der Waals surface area contributed by atoms with Crippen molar-refractivity contribution in [3.63, 3.8) is 0 Å². The summed E-state index contributed by atoms with van der Waals surface area (Å²) in [5.41, 5.74) is 5.83. The Hall–Kier alpha value is -1.42. The number of nitrogens with one attached hydrogen (secondary N) is 1. The number of phenols is 1. The number of amides is 1. The molecular formula is C10H13ClN2O2. The summed E-state index contributed by atoms with van der Waals surface area (Å²) in [4.78, 5) is 9.54. The second-order valence-electron chi connectivity index (χ2n) is 3.26. The number of carbonyl (C=O) groups excluding carboxylic acids is 1. The topological polar surface area (TPSA) is 75.3 Å². The van der Waals surface area contributed by atoms with E-state index >= 15 is 0 Å². The van der Waals surface area contributed by atoms with Crippen molar-refractivity contribution in [2.24, 2.45) is 0 Å². The van der Waals surface area contributed by atoms with Crippen molar-refractivity contribution in [1.29, 1.82) is 0 Å². The zero-order chi connectivity index (χ0) is 11.3. The lowest BCUT2D eigenvalue weighted by atomic mass is 10.3. The normalized spacial score (nSPS) is 13.7. The van der Waals surface area contributed by atoms with Gasteiger partial charge < -0.3 is 16.2 Å². The smallest absolute Gasteiger partial charge is 0.207 e. The number of carbonyl (C=O) groups is 1. The van der Waals surface area contributed by atoms with Gasteiger partial charge in [-0.3, -0.25) is 4.79 Å². The Morgan fingerprint density at radius 3 is 2.53 bits per heavy atom. The molecule has 0 unspecified atom stereocenters. The van der Waals surface area contributed by atoms with E-state index in [9.17, 15) is 4.79 Å². The molecule has 0 atom stereocenters. The van der Waals surface area contributed by atoms with Gasteiger partial charge in [0.25, 0.3) is 0 Å². The highest BCUT2D eigenvalue weighted by Crippen LogP contribution is 2.22. The second kappa shape index (κ2) is 5.46. The molecule has 15 heavy (non-hydrogen) atoms. The Kier molecular flexibility index (Phi) is 4.24. The average Bonchev–Trinajstić information content (AvgIpc) is 2.98. The van der Waals surface area contributed by atoms with Gasteiger partial charge in [0.05, 0.1) is 10.7 Å². The van der Waals surface area contributed by atoms with Gasteiger partial charge in [0.1, 0.15) is 5.75 Å². The molecule has 1 saturated carbocycles. The van der Waals surface area contributed by atoms with Crippen molar-refractivity contribution in [2.45, 2.75) is 18.9 Å². The van der Waals surface area contributed by atoms with E-state index in [1.807, 2.05) is 0 Å². The van der Waals surface area contributed by atoms with Crippen LogP contribution in [-0.4, -0.2) is 17.6 Å². The number of nitrogen functional groups attached to an aromatic ring is 1. The summed E-state index contributed by atoms with van der Waals surface area (Å²) in [5, 5.41) is 11.8. The molecule has 4 nitrogen and oxygen atoms in total. The molecule has 0 aromatic heterocycles.